The van der Waals surface area contributed by atoms with Crippen LogP contribution in [0.3, 0.4) is 0 Å². The fraction of sp³-hybridized carbons (Fsp3) is 0.211. The van der Waals surface area contributed by atoms with Crippen LogP contribution in [0.25, 0.3) is 10.9 Å². The van der Waals surface area contributed by atoms with Crippen molar-refractivity contribution in [3.05, 3.63) is 63.6 Å². The van der Waals surface area contributed by atoms with Crippen molar-refractivity contribution >= 4 is 39.0 Å². The van der Waals surface area contributed by atoms with Gasteiger partial charge in [0.15, 0.2) is 0 Å². The first-order valence-corrected chi connectivity index (χ1v) is 8.89. The number of pyridine rings is 1. The summed E-state index contributed by atoms with van der Waals surface area (Å²) >= 11 is 3.46. The highest BCUT2D eigenvalue weighted by Gasteiger charge is 2.27. The number of fused-ring (bicyclic) bond motifs is 1. The van der Waals surface area contributed by atoms with E-state index in [2.05, 4.69) is 26.5 Å². The first-order valence-electron chi connectivity index (χ1n) is 8.10. The Morgan fingerprint density at radius 3 is 2.88 bits per heavy atom. The average Bonchev–Trinajstić information content (AvgIpc) is 3.36. The molecule has 0 atom stereocenters. The van der Waals surface area contributed by atoms with Crippen LogP contribution in [0.5, 0.6) is 0 Å². The lowest BCUT2D eigenvalue weighted by Gasteiger charge is -2.08. The largest absolute Gasteiger partial charge is 0.460 e. The van der Waals surface area contributed by atoms with Crippen molar-refractivity contribution in [3.63, 3.8) is 0 Å². The van der Waals surface area contributed by atoms with Crippen molar-refractivity contribution in [3.8, 4) is 0 Å². The number of aromatic nitrogens is 1. The molecule has 1 saturated carbocycles. The molecule has 1 amide bonds. The normalized spacial score (nSPS) is 14.3. The molecule has 126 valence electrons. The zero-order chi connectivity index (χ0) is 17.4. The van der Waals surface area contributed by atoms with Gasteiger partial charge >= 0.3 is 0 Å². The smallest absolute Gasteiger partial charge is 0.272 e. The van der Waals surface area contributed by atoms with Gasteiger partial charge in [0.25, 0.3) is 5.91 Å². The number of carbonyl (C=O) groups is 1. The third-order valence-electron chi connectivity index (χ3n) is 4.15. The summed E-state index contributed by atoms with van der Waals surface area (Å²) in [6.07, 6.45) is 3.75. The number of carbonyl (C=O) groups excluding carboxylic acids is 1. The Morgan fingerprint density at radius 1 is 1.32 bits per heavy atom. The Morgan fingerprint density at radius 2 is 2.16 bits per heavy atom. The maximum absolute atomic E-state index is 12.7. The minimum atomic E-state index is -0.257. The molecule has 5 nitrogen and oxygen atoms in total. The minimum Gasteiger partial charge on any atom is -0.460 e. The number of hydrazone groups is 1. The van der Waals surface area contributed by atoms with Gasteiger partial charge in [-0.25, -0.2) is 5.43 Å². The third kappa shape index (κ3) is 3.49. The zero-order valence-electron chi connectivity index (χ0n) is 13.6. The van der Waals surface area contributed by atoms with E-state index < -0.39 is 0 Å². The molecule has 1 aromatic carbocycles. The Labute approximate surface area is 153 Å². The number of nitrogens with zero attached hydrogens (tertiary/aromatic N) is 2. The van der Waals surface area contributed by atoms with E-state index in [4.69, 9.17) is 9.40 Å². The molecule has 2 aromatic heterocycles. The first-order chi connectivity index (χ1) is 12.1. The predicted molar refractivity (Wildman–Crippen MR) is 99.9 cm³/mol. The Bertz CT molecular complexity index is 989. The van der Waals surface area contributed by atoms with E-state index >= 15 is 0 Å². The van der Waals surface area contributed by atoms with Gasteiger partial charge in [-0.15, -0.1) is 0 Å². The maximum atomic E-state index is 12.7. The molecule has 2 heterocycles. The molecule has 25 heavy (non-hydrogen) atoms. The summed E-state index contributed by atoms with van der Waals surface area (Å²) in [6.45, 7) is 1.86. The van der Waals surface area contributed by atoms with Crippen LogP contribution in [0.4, 0.5) is 0 Å². The molecule has 0 bridgehead atoms. The highest BCUT2D eigenvalue weighted by Crippen LogP contribution is 2.40. The number of rotatable bonds is 4. The number of amides is 1. The van der Waals surface area contributed by atoms with Gasteiger partial charge in [0.2, 0.25) is 0 Å². The van der Waals surface area contributed by atoms with E-state index in [0.29, 0.717) is 17.2 Å². The Hall–Kier alpha value is -2.47. The third-order valence-corrected chi connectivity index (χ3v) is 4.64. The second kappa shape index (κ2) is 6.44. The molecule has 1 aliphatic carbocycles. The van der Waals surface area contributed by atoms with Gasteiger partial charge in [-0.2, -0.15) is 5.10 Å². The molecule has 0 saturated heterocycles. The standard InChI is InChI=1S/C19H16BrN3O2/c1-11-2-6-14(25-11)10-21-23-19(24)16-9-18(12-3-4-12)22-17-7-5-13(20)8-15(16)17/h2,5-10,12H,3-4H2,1H3,(H,23,24)/b21-10-. The molecule has 4 rings (SSSR count). The summed E-state index contributed by atoms with van der Waals surface area (Å²) < 4.78 is 6.31. The quantitative estimate of drug-likeness (QED) is 0.518. The molecule has 6 heteroatoms. The van der Waals surface area contributed by atoms with Gasteiger partial charge in [-0.1, -0.05) is 15.9 Å². The van der Waals surface area contributed by atoms with Gasteiger partial charge in [-0.05, 0) is 56.2 Å². The lowest BCUT2D eigenvalue weighted by atomic mass is 10.1. The van der Waals surface area contributed by atoms with E-state index in [1.54, 1.807) is 6.07 Å². The van der Waals surface area contributed by atoms with Crippen molar-refractivity contribution in [2.45, 2.75) is 25.7 Å². The number of hydrogen-bond acceptors (Lipinski definition) is 4. The van der Waals surface area contributed by atoms with E-state index in [0.717, 1.165) is 39.7 Å². The van der Waals surface area contributed by atoms with Crippen molar-refractivity contribution in [1.82, 2.24) is 10.4 Å². The Kier molecular flexibility index (Phi) is 4.13. The number of furan rings is 1. The number of benzene rings is 1. The summed E-state index contributed by atoms with van der Waals surface area (Å²) in [6, 6.07) is 11.3. The molecular formula is C19H16BrN3O2. The van der Waals surface area contributed by atoms with Crippen LogP contribution in [0.2, 0.25) is 0 Å². The molecule has 1 N–H and O–H groups in total. The zero-order valence-corrected chi connectivity index (χ0v) is 15.2. The monoisotopic (exact) mass is 397 g/mol. The minimum absolute atomic E-state index is 0.257. The van der Waals surface area contributed by atoms with E-state index in [1.165, 1.54) is 6.21 Å². The fourth-order valence-corrected chi connectivity index (χ4v) is 3.09. The van der Waals surface area contributed by atoms with Gasteiger partial charge in [0.1, 0.15) is 11.5 Å². The lowest BCUT2D eigenvalue weighted by molar-refractivity contribution is 0.0956. The van der Waals surface area contributed by atoms with Crippen LogP contribution >= 0.6 is 15.9 Å². The van der Waals surface area contributed by atoms with Gasteiger partial charge in [-0.3, -0.25) is 9.78 Å². The highest BCUT2D eigenvalue weighted by molar-refractivity contribution is 9.10. The van der Waals surface area contributed by atoms with Crippen LogP contribution < -0.4 is 5.43 Å². The predicted octanol–water partition coefficient (Wildman–Crippen LogP) is 4.54. The number of halogens is 1. The molecule has 0 radical (unpaired) electrons. The van der Waals surface area contributed by atoms with Gasteiger partial charge in [0, 0.05) is 21.5 Å². The van der Waals surface area contributed by atoms with Crippen molar-refractivity contribution in [2.24, 2.45) is 5.10 Å². The van der Waals surface area contributed by atoms with Crippen LogP contribution in [-0.4, -0.2) is 17.1 Å². The average molecular weight is 398 g/mol. The summed E-state index contributed by atoms with van der Waals surface area (Å²) in [7, 11) is 0. The second-order valence-electron chi connectivity index (χ2n) is 6.18. The number of hydrogen-bond donors (Lipinski definition) is 1. The van der Waals surface area contributed by atoms with Crippen molar-refractivity contribution < 1.29 is 9.21 Å². The molecule has 1 fully saturated rings. The van der Waals surface area contributed by atoms with Crippen LogP contribution in [0, 0.1) is 6.92 Å². The van der Waals surface area contributed by atoms with Crippen molar-refractivity contribution in [2.75, 3.05) is 0 Å². The van der Waals surface area contributed by atoms with Crippen LogP contribution in [0.15, 0.2) is 50.4 Å². The topological polar surface area (TPSA) is 67.5 Å². The van der Waals surface area contributed by atoms with Crippen molar-refractivity contribution in [1.29, 1.82) is 0 Å². The molecule has 0 spiro atoms. The highest BCUT2D eigenvalue weighted by atomic mass is 79.9. The van der Waals surface area contributed by atoms with Crippen LogP contribution in [-0.2, 0) is 0 Å². The first kappa shape index (κ1) is 16.0. The fourth-order valence-electron chi connectivity index (χ4n) is 2.73. The molecule has 0 aliphatic heterocycles. The molecule has 1 aliphatic rings. The van der Waals surface area contributed by atoms with Gasteiger partial charge < -0.3 is 4.42 Å². The Balaban J connectivity index is 1.65. The molecule has 3 aromatic rings. The summed E-state index contributed by atoms with van der Waals surface area (Å²) in [5.74, 6) is 1.60. The number of nitrogens with one attached hydrogen (secondary N) is 1. The van der Waals surface area contributed by atoms with Gasteiger partial charge in [0.05, 0.1) is 17.3 Å². The second-order valence-corrected chi connectivity index (χ2v) is 7.09. The molecule has 0 unspecified atom stereocenters. The van der Waals surface area contributed by atoms with Crippen LogP contribution in [0.1, 0.15) is 46.3 Å². The maximum Gasteiger partial charge on any atom is 0.272 e. The lowest BCUT2D eigenvalue weighted by Crippen LogP contribution is -2.18. The van der Waals surface area contributed by atoms with E-state index in [9.17, 15) is 4.79 Å². The summed E-state index contributed by atoms with van der Waals surface area (Å²) in [5, 5.41) is 4.81. The van der Waals surface area contributed by atoms with E-state index in [-0.39, 0.29) is 5.91 Å². The summed E-state index contributed by atoms with van der Waals surface area (Å²) in [5.41, 5.74) is 4.97. The molecular weight excluding hydrogens is 382 g/mol. The summed E-state index contributed by atoms with van der Waals surface area (Å²) in [4.78, 5) is 17.4. The van der Waals surface area contributed by atoms with E-state index in [1.807, 2.05) is 37.3 Å². The SMILES string of the molecule is Cc1ccc(/C=N\NC(=O)c2cc(C3CC3)nc3ccc(Br)cc23)o1. The number of aryl methyl sites for hydroxylation is 1.